The van der Waals surface area contributed by atoms with Gasteiger partial charge in [-0.1, -0.05) is 11.6 Å². The van der Waals surface area contributed by atoms with Crippen LogP contribution in [0.25, 0.3) is 0 Å². The summed E-state index contributed by atoms with van der Waals surface area (Å²) in [4.78, 5) is 14.3. The molecule has 1 aromatic carbocycles. The van der Waals surface area contributed by atoms with E-state index in [9.17, 15) is 0 Å². The average molecular weight is 310 g/mol. The highest BCUT2D eigenvalue weighted by atomic mass is 35.5. The van der Waals surface area contributed by atoms with E-state index in [1.807, 2.05) is 14.1 Å². The number of nitrogens with zero attached hydrogens (tertiary/aromatic N) is 4. The molecule has 1 heterocycles. The Labute approximate surface area is 127 Å². The molecule has 2 aromatic rings. The molecule has 0 amide bonds. The molecule has 21 heavy (non-hydrogen) atoms. The highest BCUT2D eigenvalue weighted by Gasteiger charge is 2.10. The standard InChI is InChI=1S/C12H16ClN7O/c1-20(2)12-17-10(16-11(18-12)19-14)15-8-6-7(13)4-5-9(8)21-3/h4-6H,14H2,1-3H3,(H2,15,16,17,18,19). The quantitative estimate of drug-likeness (QED) is 0.566. The van der Waals surface area contributed by atoms with Gasteiger partial charge in [0.1, 0.15) is 5.75 Å². The Morgan fingerprint density at radius 2 is 1.90 bits per heavy atom. The van der Waals surface area contributed by atoms with E-state index in [0.29, 0.717) is 28.4 Å². The monoisotopic (exact) mass is 309 g/mol. The normalized spacial score (nSPS) is 10.1. The Morgan fingerprint density at radius 1 is 1.19 bits per heavy atom. The van der Waals surface area contributed by atoms with Crippen LogP contribution in [0.4, 0.5) is 23.5 Å². The van der Waals surface area contributed by atoms with Gasteiger partial charge in [-0.05, 0) is 18.2 Å². The van der Waals surface area contributed by atoms with Gasteiger partial charge in [-0.3, -0.25) is 5.43 Å². The summed E-state index contributed by atoms with van der Waals surface area (Å²) >= 11 is 5.99. The molecular formula is C12H16ClN7O. The van der Waals surface area contributed by atoms with Crippen LogP contribution in [0.1, 0.15) is 0 Å². The highest BCUT2D eigenvalue weighted by Crippen LogP contribution is 2.29. The first kappa shape index (κ1) is 15.1. The van der Waals surface area contributed by atoms with E-state index in [2.05, 4.69) is 25.7 Å². The molecule has 0 aliphatic heterocycles. The Hall–Kier alpha value is -2.32. The topological polar surface area (TPSA) is 101 Å². The zero-order chi connectivity index (χ0) is 15.4. The molecule has 0 atom stereocenters. The van der Waals surface area contributed by atoms with Crippen molar-refractivity contribution in [3.8, 4) is 5.75 Å². The number of hydrazine groups is 1. The first-order valence-electron chi connectivity index (χ1n) is 6.04. The molecule has 8 nitrogen and oxygen atoms in total. The van der Waals surface area contributed by atoms with Crippen LogP contribution in [0, 0.1) is 0 Å². The number of nitrogens with two attached hydrogens (primary N) is 1. The van der Waals surface area contributed by atoms with E-state index in [-0.39, 0.29) is 5.95 Å². The van der Waals surface area contributed by atoms with Crippen molar-refractivity contribution < 1.29 is 4.74 Å². The number of benzene rings is 1. The number of nitrogens with one attached hydrogen (secondary N) is 2. The summed E-state index contributed by atoms with van der Waals surface area (Å²) in [6.07, 6.45) is 0. The zero-order valence-corrected chi connectivity index (χ0v) is 12.6. The molecule has 0 aliphatic rings. The molecule has 4 N–H and O–H groups in total. The zero-order valence-electron chi connectivity index (χ0n) is 11.9. The maximum absolute atomic E-state index is 5.99. The van der Waals surface area contributed by atoms with Crippen LogP contribution >= 0.6 is 11.6 Å². The van der Waals surface area contributed by atoms with Crippen molar-refractivity contribution in [2.75, 3.05) is 36.8 Å². The maximum atomic E-state index is 5.99. The van der Waals surface area contributed by atoms with Crippen molar-refractivity contribution in [1.82, 2.24) is 15.0 Å². The van der Waals surface area contributed by atoms with Crippen molar-refractivity contribution in [1.29, 1.82) is 0 Å². The van der Waals surface area contributed by atoms with Crippen LogP contribution in [0.15, 0.2) is 18.2 Å². The molecule has 0 bridgehead atoms. The number of nitrogen functional groups attached to an aromatic ring is 1. The van der Waals surface area contributed by atoms with E-state index in [1.165, 1.54) is 0 Å². The molecule has 0 spiro atoms. The van der Waals surface area contributed by atoms with Crippen molar-refractivity contribution in [3.05, 3.63) is 23.2 Å². The lowest BCUT2D eigenvalue weighted by molar-refractivity contribution is 0.417. The minimum atomic E-state index is 0.247. The van der Waals surface area contributed by atoms with Crippen molar-refractivity contribution >= 4 is 35.1 Å². The molecule has 0 radical (unpaired) electrons. The van der Waals surface area contributed by atoms with Gasteiger partial charge in [0.2, 0.25) is 17.8 Å². The fourth-order valence-corrected chi connectivity index (χ4v) is 1.76. The van der Waals surface area contributed by atoms with Crippen molar-refractivity contribution in [3.63, 3.8) is 0 Å². The lowest BCUT2D eigenvalue weighted by Gasteiger charge is -2.14. The summed E-state index contributed by atoms with van der Waals surface area (Å²) in [6.45, 7) is 0. The van der Waals surface area contributed by atoms with Crippen LogP contribution in [0.2, 0.25) is 5.02 Å². The summed E-state index contributed by atoms with van der Waals surface area (Å²) in [7, 11) is 5.21. The van der Waals surface area contributed by atoms with Gasteiger partial charge in [-0.2, -0.15) is 15.0 Å². The predicted molar refractivity (Wildman–Crippen MR) is 83.3 cm³/mol. The number of halogens is 1. The van der Waals surface area contributed by atoms with Gasteiger partial charge in [0.05, 0.1) is 12.8 Å². The van der Waals surface area contributed by atoms with E-state index >= 15 is 0 Å². The minimum absolute atomic E-state index is 0.247. The fourth-order valence-electron chi connectivity index (χ4n) is 1.58. The lowest BCUT2D eigenvalue weighted by atomic mass is 10.3. The molecule has 0 fully saturated rings. The van der Waals surface area contributed by atoms with E-state index in [0.717, 1.165) is 0 Å². The first-order valence-corrected chi connectivity index (χ1v) is 6.42. The SMILES string of the molecule is COc1ccc(Cl)cc1Nc1nc(NN)nc(N(C)C)n1. The molecular weight excluding hydrogens is 294 g/mol. The number of aromatic nitrogens is 3. The van der Waals surface area contributed by atoms with E-state index in [1.54, 1.807) is 30.2 Å². The van der Waals surface area contributed by atoms with E-state index < -0.39 is 0 Å². The molecule has 0 aliphatic carbocycles. The summed E-state index contributed by atoms with van der Waals surface area (Å²) < 4.78 is 5.26. The second-order valence-electron chi connectivity index (χ2n) is 4.29. The predicted octanol–water partition coefficient (Wildman–Crippen LogP) is 1.63. The minimum Gasteiger partial charge on any atom is -0.495 e. The molecule has 0 saturated carbocycles. The van der Waals surface area contributed by atoms with Gasteiger partial charge < -0.3 is 15.0 Å². The summed E-state index contributed by atoms with van der Waals surface area (Å²) in [6, 6.07) is 5.20. The summed E-state index contributed by atoms with van der Waals surface area (Å²) in [5.41, 5.74) is 3.04. The molecule has 1 aromatic heterocycles. The van der Waals surface area contributed by atoms with Gasteiger partial charge >= 0.3 is 0 Å². The number of anilines is 4. The average Bonchev–Trinajstić information content (AvgIpc) is 2.47. The summed E-state index contributed by atoms with van der Waals surface area (Å²) in [5, 5.41) is 3.61. The summed E-state index contributed by atoms with van der Waals surface area (Å²) in [5.74, 6) is 7.01. The number of hydrogen-bond acceptors (Lipinski definition) is 8. The largest absolute Gasteiger partial charge is 0.495 e. The first-order chi connectivity index (χ1) is 10.0. The maximum Gasteiger partial charge on any atom is 0.243 e. The Bertz CT molecular complexity index is 635. The van der Waals surface area contributed by atoms with Crippen LogP contribution in [0.5, 0.6) is 5.75 Å². The second kappa shape index (κ2) is 6.42. The number of ether oxygens (including phenoxy) is 1. The van der Waals surface area contributed by atoms with Crippen LogP contribution in [0.3, 0.4) is 0 Å². The number of methoxy groups -OCH3 is 1. The number of hydrogen-bond donors (Lipinski definition) is 3. The van der Waals surface area contributed by atoms with Gasteiger partial charge in [-0.15, -0.1) is 0 Å². The molecule has 112 valence electrons. The second-order valence-corrected chi connectivity index (χ2v) is 4.73. The molecule has 2 rings (SSSR count). The Kier molecular flexibility index (Phi) is 4.61. The van der Waals surface area contributed by atoms with E-state index in [4.69, 9.17) is 22.2 Å². The van der Waals surface area contributed by atoms with Gasteiger partial charge in [0.15, 0.2) is 0 Å². The number of rotatable bonds is 5. The van der Waals surface area contributed by atoms with Gasteiger partial charge in [0.25, 0.3) is 0 Å². The van der Waals surface area contributed by atoms with Crippen LogP contribution < -0.4 is 26.2 Å². The van der Waals surface area contributed by atoms with Gasteiger partial charge in [-0.25, -0.2) is 5.84 Å². The van der Waals surface area contributed by atoms with Gasteiger partial charge in [0, 0.05) is 19.1 Å². The third-order valence-corrected chi connectivity index (χ3v) is 2.80. The fraction of sp³-hybridized carbons (Fsp3) is 0.250. The van der Waals surface area contributed by atoms with Crippen LogP contribution in [-0.4, -0.2) is 36.2 Å². The highest BCUT2D eigenvalue weighted by molar-refractivity contribution is 6.30. The van der Waals surface area contributed by atoms with Crippen molar-refractivity contribution in [2.24, 2.45) is 5.84 Å². The molecule has 0 unspecified atom stereocenters. The third kappa shape index (κ3) is 3.61. The Morgan fingerprint density at radius 3 is 2.52 bits per heavy atom. The van der Waals surface area contributed by atoms with Crippen molar-refractivity contribution in [2.45, 2.75) is 0 Å². The van der Waals surface area contributed by atoms with Crippen LogP contribution in [-0.2, 0) is 0 Å². The smallest absolute Gasteiger partial charge is 0.243 e. The third-order valence-electron chi connectivity index (χ3n) is 2.56. The lowest BCUT2D eigenvalue weighted by Crippen LogP contribution is -2.18. The molecule has 9 heteroatoms. The molecule has 0 saturated heterocycles. The Balaban J connectivity index is 2.39.